The predicted molar refractivity (Wildman–Crippen MR) is 90.1 cm³/mol. The molecule has 0 unspecified atom stereocenters. The molecule has 0 bridgehead atoms. The number of rotatable bonds is 4. The molecule has 0 N–H and O–H groups in total. The first kappa shape index (κ1) is 16.4. The first-order valence-corrected chi connectivity index (χ1v) is 8.86. The standard InChI is InChI=1S/C18H24N4O3/c1-10-12(11(2)22-17(21-10)19-9-20-22)5-6-14(23)25-16-13-7-8-24-15(13)18(16,3)4/h9,13,15-16H,5-8H2,1-4H3/t13-,15-,16+/m0/s1. The lowest BCUT2D eigenvalue weighted by atomic mass is 9.59. The lowest BCUT2D eigenvalue weighted by Gasteiger charge is -2.53. The maximum absolute atomic E-state index is 12.4. The van der Waals surface area contributed by atoms with Crippen molar-refractivity contribution in [2.45, 2.75) is 59.2 Å². The number of carbonyl (C=O) groups excluding carboxylic acids is 1. The van der Waals surface area contributed by atoms with E-state index in [0.717, 1.165) is 30.0 Å². The van der Waals surface area contributed by atoms with Gasteiger partial charge in [0.15, 0.2) is 0 Å². The van der Waals surface area contributed by atoms with Gasteiger partial charge in [-0.1, -0.05) is 13.8 Å². The van der Waals surface area contributed by atoms with Gasteiger partial charge < -0.3 is 9.47 Å². The lowest BCUT2D eigenvalue weighted by Crippen LogP contribution is -2.61. The Kier molecular flexibility index (Phi) is 3.79. The van der Waals surface area contributed by atoms with Crippen LogP contribution in [0.3, 0.4) is 0 Å². The van der Waals surface area contributed by atoms with Gasteiger partial charge in [-0.15, -0.1) is 0 Å². The van der Waals surface area contributed by atoms with Crippen LogP contribution in [0, 0.1) is 25.2 Å². The molecule has 1 saturated carbocycles. The molecule has 7 heteroatoms. The topological polar surface area (TPSA) is 78.6 Å². The molecule has 134 valence electrons. The molecule has 2 fully saturated rings. The molecule has 4 rings (SSSR count). The van der Waals surface area contributed by atoms with Gasteiger partial charge in [-0.3, -0.25) is 4.79 Å². The number of fused-ring (bicyclic) bond motifs is 2. The number of aromatic nitrogens is 4. The normalized spacial score (nSPS) is 27.1. The van der Waals surface area contributed by atoms with E-state index in [1.54, 1.807) is 4.52 Å². The Morgan fingerprint density at radius 2 is 2.24 bits per heavy atom. The fraction of sp³-hybridized carbons (Fsp3) is 0.667. The van der Waals surface area contributed by atoms with E-state index in [0.29, 0.717) is 24.5 Å². The molecular weight excluding hydrogens is 320 g/mol. The number of hydrogen-bond donors (Lipinski definition) is 0. The zero-order valence-corrected chi connectivity index (χ0v) is 15.2. The summed E-state index contributed by atoms with van der Waals surface area (Å²) in [5, 5.41) is 4.19. The molecule has 0 spiro atoms. The minimum Gasteiger partial charge on any atom is -0.461 e. The van der Waals surface area contributed by atoms with Crippen molar-refractivity contribution in [2.75, 3.05) is 6.61 Å². The fourth-order valence-corrected chi connectivity index (χ4v) is 4.46. The molecule has 2 aromatic rings. The predicted octanol–water partition coefficient (Wildman–Crippen LogP) is 2.03. The van der Waals surface area contributed by atoms with Gasteiger partial charge in [0.05, 0.1) is 6.10 Å². The summed E-state index contributed by atoms with van der Waals surface area (Å²) in [6.07, 6.45) is 3.60. The Morgan fingerprint density at radius 1 is 1.44 bits per heavy atom. The van der Waals surface area contributed by atoms with Crippen LogP contribution in [0.1, 0.15) is 43.6 Å². The van der Waals surface area contributed by atoms with Crippen LogP contribution in [0.2, 0.25) is 0 Å². The van der Waals surface area contributed by atoms with E-state index >= 15 is 0 Å². The molecule has 3 heterocycles. The molecular formula is C18H24N4O3. The summed E-state index contributed by atoms with van der Waals surface area (Å²) in [5.74, 6) is 0.793. The van der Waals surface area contributed by atoms with Crippen LogP contribution >= 0.6 is 0 Å². The Bertz CT molecular complexity index is 829. The van der Waals surface area contributed by atoms with E-state index in [9.17, 15) is 4.79 Å². The van der Waals surface area contributed by atoms with Gasteiger partial charge in [-0.2, -0.15) is 10.1 Å². The number of nitrogens with zero attached hydrogens (tertiary/aromatic N) is 4. The second kappa shape index (κ2) is 5.76. The van der Waals surface area contributed by atoms with Crippen molar-refractivity contribution in [3.8, 4) is 0 Å². The second-order valence-electron chi connectivity index (χ2n) is 7.71. The molecule has 0 aromatic carbocycles. The third-order valence-corrected chi connectivity index (χ3v) is 5.82. The SMILES string of the molecule is Cc1nc2ncnn2c(C)c1CCC(=O)O[C@@H]1[C@H]2CCO[C@@H]2C1(C)C. The average molecular weight is 344 g/mol. The molecule has 0 radical (unpaired) electrons. The molecule has 0 amide bonds. The third kappa shape index (κ3) is 2.52. The van der Waals surface area contributed by atoms with Crippen molar-refractivity contribution < 1.29 is 14.3 Å². The highest BCUT2D eigenvalue weighted by molar-refractivity contribution is 5.70. The molecule has 1 aliphatic heterocycles. The van der Waals surface area contributed by atoms with Crippen molar-refractivity contribution in [1.82, 2.24) is 19.6 Å². The van der Waals surface area contributed by atoms with Gasteiger partial charge in [-0.05, 0) is 32.3 Å². The van der Waals surface area contributed by atoms with Crippen molar-refractivity contribution in [3.05, 3.63) is 23.3 Å². The van der Waals surface area contributed by atoms with Crippen LogP contribution in [0.5, 0.6) is 0 Å². The summed E-state index contributed by atoms with van der Waals surface area (Å²) >= 11 is 0. The van der Waals surface area contributed by atoms with Crippen LogP contribution in [0.15, 0.2) is 6.33 Å². The van der Waals surface area contributed by atoms with Gasteiger partial charge in [-0.25, -0.2) is 9.50 Å². The van der Waals surface area contributed by atoms with E-state index < -0.39 is 0 Å². The van der Waals surface area contributed by atoms with Crippen molar-refractivity contribution >= 4 is 11.7 Å². The second-order valence-corrected chi connectivity index (χ2v) is 7.71. The summed E-state index contributed by atoms with van der Waals surface area (Å²) in [4.78, 5) is 21.0. The van der Waals surface area contributed by atoms with E-state index in [-0.39, 0.29) is 23.6 Å². The lowest BCUT2D eigenvalue weighted by molar-refractivity contribution is -0.210. The van der Waals surface area contributed by atoms with Gasteiger partial charge in [0.25, 0.3) is 5.78 Å². The number of carbonyl (C=O) groups is 1. The molecule has 7 nitrogen and oxygen atoms in total. The molecule has 25 heavy (non-hydrogen) atoms. The number of esters is 1. The van der Waals surface area contributed by atoms with E-state index in [4.69, 9.17) is 9.47 Å². The minimum atomic E-state index is -0.152. The third-order valence-electron chi connectivity index (χ3n) is 5.82. The van der Waals surface area contributed by atoms with Crippen molar-refractivity contribution in [2.24, 2.45) is 11.3 Å². The zero-order valence-electron chi connectivity index (χ0n) is 15.2. The number of aryl methyl sites for hydroxylation is 2. The first-order valence-electron chi connectivity index (χ1n) is 8.86. The summed E-state index contributed by atoms with van der Waals surface area (Å²) in [5.41, 5.74) is 2.80. The monoisotopic (exact) mass is 344 g/mol. The summed E-state index contributed by atoms with van der Waals surface area (Å²) in [6, 6.07) is 0. The van der Waals surface area contributed by atoms with Gasteiger partial charge in [0.1, 0.15) is 12.4 Å². The van der Waals surface area contributed by atoms with E-state index in [1.807, 2.05) is 13.8 Å². The Hall–Kier alpha value is -2.02. The van der Waals surface area contributed by atoms with Crippen LogP contribution < -0.4 is 0 Å². The summed E-state index contributed by atoms with van der Waals surface area (Å²) in [6.45, 7) is 8.93. The van der Waals surface area contributed by atoms with E-state index in [2.05, 4.69) is 28.9 Å². The summed E-state index contributed by atoms with van der Waals surface area (Å²) in [7, 11) is 0. The highest BCUT2D eigenvalue weighted by atomic mass is 16.6. The van der Waals surface area contributed by atoms with Crippen molar-refractivity contribution in [3.63, 3.8) is 0 Å². The molecule has 2 aliphatic rings. The first-order chi connectivity index (χ1) is 11.9. The van der Waals surface area contributed by atoms with Crippen molar-refractivity contribution in [1.29, 1.82) is 0 Å². The molecule has 1 aliphatic carbocycles. The van der Waals surface area contributed by atoms with Crippen LogP contribution in [-0.4, -0.2) is 44.4 Å². The highest BCUT2D eigenvalue weighted by Gasteiger charge is 2.61. The zero-order chi connectivity index (χ0) is 17.8. The van der Waals surface area contributed by atoms with Gasteiger partial charge in [0.2, 0.25) is 0 Å². The van der Waals surface area contributed by atoms with Crippen LogP contribution in [-0.2, 0) is 20.7 Å². The highest BCUT2D eigenvalue weighted by Crippen LogP contribution is 2.53. The Labute approximate surface area is 146 Å². The fourth-order valence-electron chi connectivity index (χ4n) is 4.46. The average Bonchev–Trinajstić information content (AvgIpc) is 3.20. The Morgan fingerprint density at radius 3 is 3.04 bits per heavy atom. The maximum atomic E-state index is 12.4. The van der Waals surface area contributed by atoms with Crippen LogP contribution in [0.4, 0.5) is 0 Å². The quantitative estimate of drug-likeness (QED) is 0.790. The Balaban J connectivity index is 1.43. The van der Waals surface area contributed by atoms with E-state index in [1.165, 1.54) is 6.33 Å². The largest absolute Gasteiger partial charge is 0.461 e. The molecule has 1 saturated heterocycles. The molecule has 2 aromatic heterocycles. The van der Waals surface area contributed by atoms with Crippen LogP contribution in [0.25, 0.3) is 5.78 Å². The van der Waals surface area contributed by atoms with Gasteiger partial charge >= 0.3 is 5.97 Å². The summed E-state index contributed by atoms with van der Waals surface area (Å²) < 4.78 is 13.3. The number of ether oxygens (including phenoxy) is 2. The number of hydrogen-bond acceptors (Lipinski definition) is 6. The maximum Gasteiger partial charge on any atom is 0.306 e. The molecule has 3 atom stereocenters. The smallest absolute Gasteiger partial charge is 0.306 e. The van der Waals surface area contributed by atoms with Gasteiger partial charge in [0, 0.05) is 35.7 Å². The minimum absolute atomic E-state index is 0.0365.